The Morgan fingerprint density at radius 3 is 2.71 bits per heavy atom. The second kappa shape index (κ2) is 6.92. The molecule has 0 aliphatic rings. The predicted molar refractivity (Wildman–Crippen MR) is 72.0 cm³/mol. The molecule has 0 aliphatic heterocycles. The predicted octanol–water partition coefficient (Wildman–Crippen LogP) is 3.65. The van der Waals surface area contributed by atoms with Gasteiger partial charge in [0.25, 0.3) is 0 Å². The van der Waals surface area contributed by atoms with Crippen molar-refractivity contribution in [3.63, 3.8) is 0 Å². The van der Waals surface area contributed by atoms with E-state index in [1.807, 2.05) is 44.2 Å². The maximum atomic E-state index is 11.5. The average molecular weight is 250 g/mol. The molecule has 0 bridgehead atoms. The molecular weight excluding hydrogens is 234 g/mol. The van der Waals surface area contributed by atoms with Crippen LogP contribution in [0.5, 0.6) is 0 Å². The summed E-state index contributed by atoms with van der Waals surface area (Å²) < 4.78 is 0. The molecule has 1 aromatic rings. The van der Waals surface area contributed by atoms with Gasteiger partial charge in [-0.25, -0.2) is 0 Å². The fraction of sp³-hybridized carbons (Fsp3) is 0.214. The van der Waals surface area contributed by atoms with Gasteiger partial charge in [-0.2, -0.15) is 0 Å². The highest BCUT2D eigenvalue weighted by Crippen LogP contribution is 2.21. The number of allylic oxidation sites excluding steroid dienone is 3. The largest absolute Gasteiger partial charge is 0.346 e. The van der Waals surface area contributed by atoms with Crippen LogP contribution in [0, 0.1) is 0 Å². The number of rotatable bonds is 4. The molecule has 0 saturated carbocycles. The normalized spacial score (nSPS) is 13.1. The maximum Gasteiger partial charge on any atom is 0.244 e. The molecule has 0 aliphatic carbocycles. The molecule has 1 amide bonds. The second-order valence-corrected chi connectivity index (χ2v) is 4.04. The summed E-state index contributed by atoms with van der Waals surface area (Å²) in [6.07, 6.45) is 6.86. The molecule has 2 nitrogen and oxygen atoms in total. The van der Waals surface area contributed by atoms with Crippen LogP contribution in [0.2, 0.25) is 5.02 Å². The van der Waals surface area contributed by atoms with Crippen LogP contribution in [-0.2, 0) is 4.79 Å². The summed E-state index contributed by atoms with van der Waals surface area (Å²) >= 11 is 6.05. The van der Waals surface area contributed by atoms with Gasteiger partial charge >= 0.3 is 0 Å². The van der Waals surface area contributed by atoms with Crippen molar-refractivity contribution in [1.82, 2.24) is 5.32 Å². The molecule has 1 N–H and O–H groups in total. The van der Waals surface area contributed by atoms with Crippen molar-refractivity contribution in [3.05, 3.63) is 59.2 Å². The Morgan fingerprint density at radius 1 is 1.35 bits per heavy atom. The molecule has 1 rings (SSSR count). The van der Waals surface area contributed by atoms with Gasteiger partial charge in [0.2, 0.25) is 5.91 Å². The van der Waals surface area contributed by atoms with Gasteiger partial charge in [0, 0.05) is 11.1 Å². The fourth-order valence-corrected chi connectivity index (χ4v) is 1.72. The minimum Gasteiger partial charge on any atom is -0.346 e. The van der Waals surface area contributed by atoms with E-state index in [1.165, 1.54) is 6.08 Å². The van der Waals surface area contributed by atoms with Crippen molar-refractivity contribution in [3.8, 4) is 0 Å². The first kappa shape index (κ1) is 13.5. The van der Waals surface area contributed by atoms with Crippen LogP contribution in [0.4, 0.5) is 0 Å². The first-order chi connectivity index (χ1) is 8.15. The van der Waals surface area contributed by atoms with E-state index in [-0.39, 0.29) is 11.9 Å². The molecule has 1 atom stereocenters. The first-order valence-corrected chi connectivity index (χ1v) is 5.87. The summed E-state index contributed by atoms with van der Waals surface area (Å²) in [5.41, 5.74) is 0.918. The SMILES string of the molecule is C/C=C/C=C/C(=O)NC(C)c1ccccc1Cl. The third-order valence-electron chi connectivity index (χ3n) is 2.28. The van der Waals surface area contributed by atoms with E-state index in [4.69, 9.17) is 11.6 Å². The van der Waals surface area contributed by atoms with Crippen molar-refractivity contribution >= 4 is 17.5 Å². The maximum absolute atomic E-state index is 11.5. The van der Waals surface area contributed by atoms with Crippen LogP contribution < -0.4 is 5.32 Å². The standard InChI is InChI=1S/C14H16ClNO/c1-3-4-5-10-14(17)16-11(2)12-8-6-7-9-13(12)15/h3-11H,1-2H3,(H,16,17)/b4-3+,10-5+. The summed E-state index contributed by atoms with van der Waals surface area (Å²) in [5.74, 6) is -0.129. The molecule has 3 heteroatoms. The van der Waals surface area contributed by atoms with E-state index < -0.39 is 0 Å². The van der Waals surface area contributed by atoms with Crippen molar-refractivity contribution in [2.45, 2.75) is 19.9 Å². The Morgan fingerprint density at radius 2 is 2.06 bits per heavy atom. The molecule has 90 valence electrons. The van der Waals surface area contributed by atoms with E-state index in [9.17, 15) is 4.79 Å². The number of halogens is 1. The van der Waals surface area contributed by atoms with Crippen molar-refractivity contribution in [2.75, 3.05) is 0 Å². The van der Waals surface area contributed by atoms with Gasteiger partial charge in [-0.05, 0) is 25.5 Å². The van der Waals surface area contributed by atoms with E-state index in [1.54, 1.807) is 12.2 Å². The Hall–Kier alpha value is -1.54. The van der Waals surface area contributed by atoms with Gasteiger partial charge in [0.1, 0.15) is 0 Å². The summed E-state index contributed by atoms with van der Waals surface area (Å²) in [7, 11) is 0. The molecule has 0 heterocycles. The van der Waals surface area contributed by atoms with E-state index in [0.717, 1.165) is 5.56 Å². The summed E-state index contributed by atoms with van der Waals surface area (Å²) in [4.78, 5) is 11.5. The molecule has 1 unspecified atom stereocenters. The molecule has 1 aromatic carbocycles. The summed E-state index contributed by atoms with van der Waals surface area (Å²) in [5, 5.41) is 3.52. The lowest BCUT2D eigenvalue weighted by Gasteiger charge is -2.14. The molecule has 0 fully saturated rings. The van der Waals surface area contributed by atoms with Crippen LogP contribution in [0.3, 0.4) is 0 Å². The zero-order valence-corrected chi connectivity index (χ0v) is 10.7. The van der Waals surface area contributed by atoms with Crippen molar-refractivity contribution < 1.29 is 4.79 Å². The van der Waals surface area contributed by atoms with E-state index in [2.05, 4.69) is 5.32 Å². The van der Waals surface area contributed by atoms with Crippen LogP contribution in [0.1, 0.15) is 25.5 Å². The number of nitrogens with one attached hydrogen (secondary N) is 1. The third kappa shape index (κ3) is 4.45. The van der Waals surface area contributed by atoms with Crippen LogP contribution in [0.15, 0.2) is 48.6 Å². The highest BCUT2D eigenvalue weighted by molar-refractivity contribution is 6.31. The lowest BCUT2D eigenvalue weighted by Crippen LogP contribution is -2.24. The minimum atomic E-state index is -0.129. The molecule has 0 spiro atoms. The van der Waals surface area contributed by atoms with E-state index in [0.29, 0.717) is 5.02 Å². The van der Waals surface area contributed by atoms with Gasteiger partial charge in [-0.3, -0.25) is 4.79 Å². The van der Waals surface area contributed by atoms with Crippen LogP contribution >= 0.6 is 11.6 Å². The monoisotopic (exact) mass is 249 g/mol. The quantitative estimate of drug-likeness (QED) is 0.641. The molecule has 0 radical (unpaired) electrons. The minimum absolute atomic E-state index is 0.105. The second-order valence-electron chi connectivity index (χ2n) is 3.64. The number of benzene rings is 1. The van der Waals surface area contributed by atoms with E-state index >= 15 is 0 Å². The van der Waals surface area contributed by atoms with Gasteiger partial charge in [0.05, 0.1) is 6.04 Å². The molecular formula is C14H16ClNO. The Bertz CT molecular complexity index is 438. The summed E-state index contributed by atoms with van der Waals surface area (Å²) in [6.45, 7) is 3.80. The zero-order valence-electron chi connectivity index (χ0n) is 9.98. The van der Waals surface area contributed by atoms with Crippen molar-refractivity contribution in [1.29, 1.82) is 0 Å². The third-order valence-corrected chi connectivity index (χ3v) is 2.63. The number of amides is 1. The number of hydrogen-bond acceptors (Lipinski definition) is 1. The Balaban J connectivity index is 2.64. The Labute approximate surface area is 107 Å². The lowest BCUT2D eigenvalue weighted by atomic mass is 10.1. The fourth-order valence-electron chi connectivity index (χ4n) is 1.42. The smallest absolute Gasteiger partial charge is 0.244 e. The van der Waals surface area contributed by atoms with Crippen LogP contribution in [-0.4, -0.2) is 5.91 Å². The molecule has 0 saturated heterocycles. The number of carbonyl (C=O) groups excluding carboxylic acids is 1. The Kier molecular flexibility index (Phi) is 5.50. The highest BCUT2D eigenvalue weighted by Gasteiger charge is 2.09. The number of hydrogen-bond donors (Lipinski definition) is 1. The van der Waals surface area contributed by atoms with Gasteiger partial charge in [-0.1, -0.05) is 48.0 Å². The van der Waals surface area contributed by atoms with Gasteiger partial charge in [-0.15, -0.1) is 0 Å². The number of carbonyl (C=O) groups is 1. The highest BCUT2D eigenvalue weighted by atomic mass is 35.5. The summed E-state index contributed by atoms with van der Waals surface area (Å²) in [6, 6.07) is 7.38. The zero-order chi connectivity index (χ0) is 12.7. The molecule has 0 aromatic heterocycles. The van der Waals surface area contributed by atoms with Gasteiger partial charge < -0.3 is 5.32 Å². The lowest BCUT2D eigenvalue weighted by molar-refractivity contribution is -0.117. The first-order valence-electron chi connectivity index (χ1n) is 5.49. The van der Waals surface area contributed by atoms with Crippen molar-refractivity contribution in [2.24, 2.45) is 0 Å². The van der Waals surface area contributed by atoms with Crippen LogP contribution in [0.25, 0.3) is 0 Å². The topological polar surface area (TPSA) is 29.1 Å². The molecule has 17 heavy (non-hydrogen) atoms. The van der Waals surface area contributed by atoms with Gasteiger partial charge in [0.15, 0.2) is 0 Å². The average Bonchev–Trinajstić information content (AvgIpc) is 2.29.